The molecular weight excluding hydrogens is 330 g/mol. The largest absolute Gasteiger partial charge is 0.497 e. The molecule has 1 atom stereocenters. The SMILES string of the molecule is CCOc1ccc(C2CC(c3cccc(OC)c3)=Nc3nnnn32)cc1. The summed E-state index contributed by atoms with van der Waals surface area (Å²) >= 11 is 0. The molecule has 1 aliphatic heterocycles. The molecule has 0 amide bonds. The zero-order chi connectivity index (χ0) is 17.9. The Hall–Kier alpha value is -3.22. The van der Waals surface area contributed by atoms with Crippen LogP contribution in [0.25, 0.3) is 0 Å². The molecule has 1 aromatic heterocycles. The number of rotatable bonds is 5. The maximum Gasteiger partial charge on any atom is 0.269 e. The molecule has 0 N–H and O–H groups in total. The number of tetrazole rings is 1. The fourth-order valence-corrected chi connectivity index (χ4v) is 3.10. The van der Waals surface area contributed by atoms with Crippen LogP contribution in [0.5, 0.6) is 11.5 Å². The molecule has 0 saturated heterocycles. The minimum absolute atomic E-state index is 0.0191. The zero-order valence-electron chi connectivity index (χ0n) is 14.7. The van der Waals surface area contributed by atoms with Crippen molar-refractivity contribution in [2.24, 2.45) is 4.99 Å². The summed E-state index contributed by atoms with van der Waals surface area (Å²) in [5.41, 5.74) is 3.05. The standard InChI is InChI=1S/C19H19N5O2/c1-3-26-15-9-7-13(8-10-15)18-12-17(20-19-21-22-23-24(18)19)14-5-4-6-16(11-14)25-2/h4-11,18H,3,12H2,1-2H3. The van der Waals surface area contributed by atoms with Crippen molar-refractivity contribution in [1.29, 1.82) is 0 Å². The van der Waals surface area contributed by atoms with Crippen LogP contribution >= 0.6 is 0 Å². The van der Waals surface area contributed by atoms with E-state index in [-0.39, 0.29) is 6.04 Å². The normalized spacial score (nSPS) is 15.9. The molecule has 2 heterocycles. The van der Waals surface area contributed by atoms with E-state index >= 15 is 0 Å². The highest BCUT2D eigenvalue weighted by atomic mass is 16.5. The van der Waals surface area contributed by atoms with E-state index in [0.717, 1.165) is 28.3 Å². The maximum absolute atomic E-state index is 5.53. The molecule has 7 nitrogen and oxygen atoms in total. The Morgan fingerprint density at radius 2 is 1.96 bits per heavy atom. The summed E-state index contributed by atoms with van der Waals surface area (Å²) in [6.45, 7) is 2.62. The topological polar surface area (TPSA) is 74.4 Å². The van der Waals surface area contributed by atoms with E-state index in [1.165, 1.54) is 0 Å². The molecule has 0 aliphatic carbocycles. The van der Waals surface area contributed by atoms with Crippen LogP contribution in [0.4, 0.5) is 5.95 Å². The van der Waals surface area contributed by atoms with Crippen LogP contribution in [0.2, 0.25) is 0 Å². The number of aliphatic imine (C=N–C) groups is 1. The summed E-state index contributed by atoms with van der Waals surface area (Å²) in [5.74, 6) is 2.16. The van der Waals surface area contributed by atoms with Crippen molar-refractivity contribution in [1.82, 2.24) is 20.2 Å². The second-order valence-electron chi connectivity index (χ2n) is 5.94. The molecule has 132 valence electrons. The van der Waals surface area contributed by atoms with Crippen LogP contribution in [0.1, 0.15) is 30.5 Å². The summed E-state index contributed by atoms with van der Waals surface area (Å²) in [7, 11) is 1.66. The van der Waals surface area contributed by atoms with Gasteiger partial charge in [-0.1, -0.05) is 29.4 Å². The fraction of sp³-hybridized carbons (Fsp3) is 0.263. The Morgan fingerprint density at radius 1 is 1.12 bits per heavy atom. The van der Waals surface area contributed by atoms with Crippen molar-refractivity contribution in [3.8, 4) is 11.5 Å². The van der Waals surface area contributed by atoms with Crippen LogP contribution in [0.3, 0.4) is 0 Å². The molecular formula is C19H19N5O2. The number of fused-ring (bicyclic) bond motifs is 1. The molecule has 0 fully saturated rings. The highest BCUT2D eigenvalue weighted by Gasteiger charge is 2.27. The molecule has 0 bridgehead atoms. The van der Waals surface area contributed by atoms with Crippen LogP contribution in [0, 0.1) is 0 Å². The van der Waals surface area contributed by atoms with E-state index in [1.807, 2.05) is 43.3 Å². The quantitative estimate of drug-likeness (QED) is 0.707. The zero-order valence-corrected chi connectivity index (χ0v) is 14.7. The van der Waals surface area contributed by atoms with Gasteiger partial charge in [0.2, 0.25) is 0 Å². The monoisotopic (exact) mass is 349 g/mol. The van der Waals surface area contributed by atoms with Gasteiger partial charge in [0.15, 0.2) is 0 Å². The average molecular weight is 349 g/mol. The molecule has 2 aromatic carbocycles. The molecule has 7 heteroatoms. The first-order chi connectivity index (χ1) is 12.8. The lowest BCUT2D eigenvalue weighted by atomic mass is 9.96. The second-order valence-corrected chi connectivity index (χ2v) is 5.94. The third-order valence-electron chi connectivity index (χ3n) is 4.37. The van der Waals surface area contributed by atoms with Crippen molar-refractivity contribution in [2.75, 3.05) is 13.7 Å². The number of benzene rings is 2. The molecule has 0 spiro atoms. The summed E-state index contributed by atoms with van der Waals surface area (Å²) < 4.78 is 12.6. The summed E-state index contributed by atoms with van der Waals surface area (Å²) in [6, 6.07) is 15.9. The molecule has 4 rings (SSSR count). The van der Waals surface area contributed by atoms with E-state index in [0.29, 0.717) is 19.0 Å². The van der Waals surface area contributed by atoms with Gasteiger partial charge in [0.25, 0.3) is 5.95 Å². The molecule has 1 aliphatic rings. The number of hydrogen-bond acceptors (Lipinski definition) is 6. The van der Waals surface area contributed by atoms with Gasteiger partial charge in [0.1, 0.15) is 11.5 Å². The van der Waals surface area contributed by atoms with E-state index in [9.17, 15) is 0 Å². The molecule has 1 unspecified atom stereocenters. The smallest absolute Gasteiger partial charge is 0.269 e. The first-order valence-electron chi connectivity index (χ1n) is 8.51. The van der Waals surface area contributed by atoms with Crippen LogP contribution in [0.15, 0.2) is 53.5 Å². The summed E-state index contributed by atoms with van der Waals surface area (Å²) in [5, 5.41) is 12.0. The van der Waals surface area contributed by atoms with Gasteiger partial charge in [-0.05, 0) is 52.7 Å². The Kier molecular flexibility index (Phi) is 4.35. The lowest BCUT2D eigenvalue weighted by molar-refractivity contribution is 0.340. The highest BCUT2D eigenvalue weighted by molar-refractivity contribution is 6.03. The number of ether oxygens (including phenoxy) is 2. The number of methoxy groups -OCH3 is 1. The highest BCUT2D eigenvalue weighted by Crippen LogP contribution is 2.33. The number of aromatic nitrogens is 4. The van der Waals surface area contributed by atoms with Crippen LogP contribution in [-0.4, -0.2) is 39.6 Å². The Morgan fingerprint density at radius 3 is 2.73 bits per heavy atom. The van der Waals surface area contributed by atoms with Crippen molar-refractivity contribution in [3.05, 3.63) is 59.7 Å². The van der Waals surface area contributed by atoms with Gasteiger partial charge in [0.05, 0.1) is 25.5 Å². The van der Waals surface area contributed by atoms with Gasteiger partial charge in [-0.3, -0.25) is 0 Å². The minimum atomic E-state index is -0.0191. The predicted molar refractivity (Wildman–Crippen MR) is 97.4 cm³/mol. The maximum atomic E-state index is 5.53. The molecule has 26 heavy (non-hydrogen) atoms. The predicted octanol–water partition coefficient (Wildman–Crippen LogP) is 3.19. The molecule has 0 saturated carbocycles. The Bertz CT molecular complexity index is 933. The number of nitrogens with zero attached hydrogens (tertiary/aromatic N) is 5. The third kappa shape index (κ3) is 3.03. The lowest BCUT2D eigenvalue weighted by Gasteiger charge is -2.23. The lowest BCUT2D eigenvalue weighted by Crippen LogP contribution is -2.21. The van der Waals surface area contributed by atoms with E-state index in [4.69, 9.17) is 9.47 Å². The summed E-state index contributed by atoms with van der Waals surface area (Å²) in [4.78, 5) is 4.64. The Balaban J connectivity index is 1.70. The van der Waals surface area contributed by atoms with Gasteiger partial charge >= 0.3 is 0 Å². The summed E-state index contributed by atoms with van der Waals surface area (Å²) in [6.07, 6.45) is 0.694. The molecule has 0 radical (unpaired) electrons. The fourth-order valence-electron chi connectivity index (χ4n) is 3.10. The Labute approximate surface area is 151 Å². The second kappa shape index (κ2) is 6.95. The van der Waals surface area contributed by atoms with Crippen LogP contribution in [-0.2, 0) is 0 Å². The van der Waals surface area contributed by atoms with Gasteiger partial charge in [0, 0.05) is 6.42 Å². The van der Waals surface area contributed by atoms with Gasteiger partial charge in [-0.2, -0.15) is 0 Å². The van der Waals surface area contributed by atoms with E-state index in [1.54, 1.807) is 11.8 Å². The third-order valence-corrected chi connectivity index (χ3v) is 4.37. The minimum Gasteiger partial charge on any atom is -0.497 e. The van der Waals surface area contributed by atoms with E-state index in [2.05, 4.69) is 32.7 Å². The first-order valence-corrected chi connectivity index (χ1v) is 8.51. The van der Waals surface area contributed by atoms with Crippen molar-refractivity contribution in [3.63, 3.8) is 0 Å². The van der Waals surface area contributed by atoms with Gasteiger partial charge in [-0.15, -0.1) is 0 Å². The van der Waals surface area contributed by atoms with Crippen molar-refractivity contribution < 1.29 is 9.47 Å². The van der Waals surface area contributed by atoms with Crippen molar-refractivity contribution in [2.45, 2.75) is 19.4 Å². The van der Waals surface area contributed by atoms with Crippen LogP contribution < -0.4 is 9.47 Å². The van der Waals surface area contributed by atoms with E-state index < -0.39 is 0 Å². The van der Waals surface area contributed by atoms with Gasteiger partial charge < -0.3 is 9.47 Å². The average Bonchev–Trinajstić information content (AvgIpc) is 3.17. The first kappa shape index (κ1) is 16.3. The number of hydrogen-bond donors (Lipinski definition) is 0. The molecule has 3 aromatic rings. The van der Waals surface area contributed by atoms with Gasteiger partial charge in [-0.25, -0.2) is 9.67 Å². The van der Waals surface area contributed by atoms with Crippen molar-refractivity contribution >= 4 is 11.7 Å².